The molecule has 5 nitrogen and oxygen atoms in total. The molecule has 3 aromatic rings. The lowest BCUT2D eigenvalue weighted by Gasteiger charge is -2.13. The van der Waals surface area contributed by atoms with Crippen LogP contribution in [0.4, 0.5) is 5.69 Å². The summed E-state index contributed by atoms with van der Waals surface area (Å²) in [6.07, 6.45) is 4.47. The topological polar surface area (TPSA) is 71.1 Å². The summed E-state index contributed by atoms with van der Waals surface area (Å²) >= 11 is 3.16. The van der Waals surface area contributed by atoms with Crippen LogP contribution in [0.2, 0.25) is 0 Å². The molecule has 1 aromatic heterocycles. The van der Waals surface area contributed by atoms with E-state index in [1.807, 2.05) is 35.2 Å². The van der Waals surface area contributed by atoms with Crippen LogP contribution in [0.15, 0.2) is 64.3 Å². The van der Waals surface area contributed by atoms with Crippen LogP contribution >= 0.6 is 23.1 Å². The first-order chi connectivity index (χ1) is 14.7. The van der Waals surface area contributed by atoms with Gasteiger partial charge in [0, 0.05) is 33.3 Å². The fourth-order valence-corrected chi connectivity index (χ4v) is 5.10. The molecule has 0 bridgehead atoms. The van der Waals surface area contributed by atoms with E-state index in [4.69, 9.17) is 0 Å². The minimum Gasteiger partial charge on any atom is -0.349 e. The van der Waals surface area contributed by atoms with Gasteiger partial charge in [0.05, 0.1) is 16.8 Å². The number of benzene rings is 2. The Morgan fingerprint density at radius 3 is 2.53 bits per heavy atom. The quantitative estimate of drug-likeness (QED) is 0.488. The van der Waals surface area contributed by atoms with Crippen molar-refractivity contribution in [1.82, 2.24) is 10.3 Å². The third kappa shape index (κ3) is 5.29. The highest BCUT2D eigenvalue weighted by Crippen LogP contribution is 2.27. The first kappa shape index (κ1) is 20.6. The summed E-state index contributed by atoms with van der Waals surface area (Å²) < 4.78 is 0. The van der Waals surface area contributed by atoms with E-state index in [1.54, 1.807) is 47.4 Å². The molecule has 1 fully saturated rings. The summed E-state index contributed by atoms with van der Waals surface area (Å²) in [7, 11) is 0. The van der Waals surface area contributed by atoms with Gasteiger partial charge >= 0.3 is 0 Å². The van der Waals surface area contributed by atoms with Crippen LogP contribution in [0.1, 0.15) is 52.1 Å². The lowest BCUT2D eigenvalue weighted by atomic mass is 10.1. The van der Waals surface area contributed by atoms with Crippen molar-refractivity contribution >= 4 is 40.6 Å². The van der Waals surface area contributed by atoms with Crippen molar-refractivity contribution in [2.45, 2.75) is 42.4 Å². The van der Waals surface area contributed by atoms with Gasteiger partial charge in [0.1, 0.15) is 0 Å². The Kier molecular flexibility index (Phi) is 6.81. The van der Waals surface area contributed by atoms with E-state index >= 15 is 0 Å². The highest BCUT2D eigenvalue weighted by atomic mass is 32.2. The highest BCUT2D eigenvalue weighted by Gasteiger charge is 2.18. The molecule has 2 N–H and O–H groups in total. The molecule has 2 aromatic carbocycles. The van der Waals surface area contributed by atoms with E-state index in [-0.39, 0.29) is 17.9 Å². The normalized spacial score (nSPS) is 13.9. The molecule has 2 amide bonds. The summed E-state index contributed by atoms with van der Waals surface area (Å²) in [6, 6.07) is 14.9. The molecule has 0 atom stereocenters. The minimum absolute atomic E-state index is 0.0523. The van der Waals surface area contributed by atoms with E-state index in [9.17, 15) is 9.59 Å². The zero-order valence-electron chi connectivity index (χ0n) is 16.5. The zero-order valence-corrected chi connectivity index (χ0v) is 18.1. The lowest BCUT2D eigenvalue weighted by Crippen LogP contribution is -2.32. The predicted molar refractivity (Wildman–Crippen MR) is 122 cm³/mol. The van der Waals surface area contributed by atoms with Crippen molar-refractivity contribution < 1.29 is 9.59 Å². The van der Waals surface area contributed by atoms with Gasteiger partial charge in [-0.2, -0.15) is 0 Å². The van der Waals surface area contributed by atoms with Gasteiger partial charge in [-0.05, 0) is 49.2 Å². The molecule has 154 valence electrons. The average Bonchev–Trinajstić information content (AvgIpc) is 3.47. The summed E-state index contributed by atoms with van der Waals surface area (Å²) in [5.41, 5.74) is 4.72. The van der Waals surface area contributed by atoms with Crippen LogP contribution in [0.3, 0.4) is 0 Å². The van der Waals surface area contributed by atoms with E-state index < -0.39 is 0 Å². The third-order valence-corrected chi connectivity index (χ3v) is 6.83. The van der Waals surface area contributed by atoms with Crippen LogP contribution in [-0.2, 0) is 5.75 Å². The number of nitrogens with zero attached hydrogens (tertiary/aromatic N) is 1. The van der Waals surface area contributed by atoms with E-state index in [1.165, 1.54) is 12.8 Å². The Morgan fingerprint density at radius 1 is 1.03 bits per heavy atom. The number of amides is 2. The smallest absolute Gasteiger partial charge is 0.256 e. The van der Waals surface area contributed by atoms with Crippen LogP contribution in [0, 0.1) is 0 Å². The number of anilines is 1. The fraction of sp³-hybridized carbons (Fsp3) is 0.261. The van der Waals surface area contributed by atoms with Gasteiger partial charge in [-0.1, -0.05) is 25.0 Å². The number of carbonyl (C=O) groups is 2. The van der Waals surface area contributed by atoms with Crippen molar-refractivity contribution in [3.05, 3.63) is 76.2 Å². The highest BCUT2D eigenvalue weighted by molar-refractivity contribution is 7.98. The van der Waals surface area contributed by atoms with Gasteiger partial charge in [0.15, 0.2) is 0 Å². The first-order valence-corrected chi connectivity index (χ1v) is 11.9. The summed E-state index contributed by atoms with van der Waals surface area (Å²) in [6.45, 7) is 0. The van der Waals surface area contributed by atoms with E-state index in [2.05, 4.69) is 15.6 Å². The van der Waals surface area contributed by atoms with E-state index in [0.717, 1.165) is 29.2 Å². The van der Waals surface area contributed by atoms with Crippen molar-refractivity contribution in [1.29, 1.82) is 0 Å². The fourth-order valence-electron chi connectivity index (χ4n) is 3.48. The number of hydrogen-bond donors (Lipinski definition) is 2. The second-order valence-electron chi connectivity index (χ2n) is 7.25. The summed E-state index contributed by atoms with van der Waals surface area (Å²) in [5.74, 6) is 0.501. The molecule has 1 aliphatic carbocycles. The molecule has 1 aliphatic rings. The van der Waals surface area contributed by atoms with Crippen LogP contribution in [0.25, 0.3) is 0 Å². The summed E-state index contributed by atoms with van der Waals surface area (Å²) in [5, 5.41) is 8.03. The molecule has 0 unspecified atom stereocenters. The van der Waals surface area contributed by atoms with Gasteiger partial charge in [-0.15, -0.1) is 23.1 Å². The van der Waals surface area contributed by atoms with Gasteiger partial charge < -0.3 is 10.6 Å². The van der Waals surface area contributed by atoms with Crippen molar-refractivity contribution in [3.8, 4) is 0 Å². The molecule has 7 heteroatoms. The maximum atomic E-state index is 12.8. The lowest BCUT2D eigenvalue weighted by molar-refractivity contribution is 0.0937. The maximum Gasteiger partial charge on any atom is 0.256 e. The third-order valence-electron chi connectivity index (χ3n) is 5.09. The second kappa shape index (κ2) is 9.91. The summed E-state index contributed by atoms with van der Waals surface area (Å²) in [4.78, 5) is 30.4. The molecule has 1 heterocycles. The maximum absolute atomic E-state index is 12.8. The molecule has 0 saturated heterocycles. The molecule has 30 heavy (non-hydrogen) atoms. The number of aromatic nitrogens is 1. The number of thiazole rings is 1. The molecule has 0 spiro atoms. The van der Waals surface area contributed by atoms with Crippen LogP contribution in [0.5, 0.6) is 0 Å². The van der Waals surface area contributed by atoms with Gasteiger partial charge in [-0.25, -0.2) is 4.98 Å². The standard InChI is InChI=1S/C23H23N3O2S2/c27-22(25-17-5-1-2-6-17)16-9-11-18(12-10-16)26-23(28)20-7-3-4-8-21(20)30-14-19-13-29-15-24-19/h3-4,7-13,15,17H,1-2,5-6,14H2,(H,25,27)(H,26,28). The van der Waals surface area contributed by atoms with Crippen molar-refractivity contribution in [3.63, 3.8) is 0 Å². The molecule has 4 rings (SSSR count). The zero-order chi connectivity index (χ0) is 20.8. The first-order valence-electron chi connectivity index (χ1n) is 10.0. The Morgan fingerprint density at radius 2 is 1.80 bits per heavy atom. The molecule has 0 aliphatic heterocycles. The SMILES string of the molecule is O=C(NC1CCCC1)c1ccc(NC(=O)c2ccccc2SCc2cscn2)cc1. The Balaban J connectivity index is 1.38. The van der Waals surface area contributed by atoms with Gasteiger partial charge in [0.25, 0.3) is 11.8 Å². The monoisotopic (exact) mass is 437 g/mol. The molecule has 1 saturated carbocycles. The largest absolute Gasteiger partial charge is 0.349 e. The molecule has 0 radical (unpaired) electrons. The van der Waals surface area contributed by atoms with Crippen molar-refractivity contribution in [2.24, 2.45) is 0 Å². The second-order valence-corrected chi connectivity index (χ2v) is 8.99. The Labute approximate surface area is 184 Å². The number of rotatable bonds is 7. The average molecular weight is 438 g/mol. The van der Waals surface area contributed by atoms with Gasteiger partial charge in [-0.3, -0.25) is 9.59 Å². The van der Waals surface area contributed by atoms with Crippen molar-refractivity contribution in [2.75, 3.05) is 5.32 Å². The number of thioether (sulfide) groups is 1. The number of nitrogens with one attached hydrogen (secondary N) is 2. The van der Waals surface area contributed by atoms with Crippen LogP contribution < -0.4 is 10.6 Å². The predicted octanol–water partition coefficient (Wildman–Crippen LogP) is 5.36. The molecular formula is C23H23N3O2S2. The van der Waals surface area contributed by atoms with Crippen LogP contribution in [-0.4, -0.2) is 22.8 Å². The number of carbonyl (C=O) groups excluding carboxylic acids is 2. The Bertz CT molecular complexity index is 998. The molecular weight excluding hydrogens is 414 g/mol. The Hall–Kier alpha value is -2.64. The minimum atomic E-state index is -0.167. The van der Waals surface area contributed by atoms with Gasteiger partial charge in [0.2, 0.25) is 0 Å². The number of hydrogen-bond acceptors (Lipinski definition) is 5. The van der Waals surface area contributed by atoms with E-state index in [0.29, 0.717) is 16.8 Å².